The molecular formula is C39H63N7O9. The number of benzene rings is 1. The minimum Gasteiger partial charge on any atom is -0.467 e. The van der Waals surface area contributed by atoms with E-state index in [0.717, 1.165) is 5.56 Å². The van der Waals surface area contributed by atoms with E-state index < -0.39 is 90.2 Å². The first kappa shape index (κ1) is 46.6. The number of amides is 6. The lowest BCUT2D eigenvalue weighted by Crippen LogP contribution is -2.59. The average molecular weight is 774 g/mol. The number of methoxy groups -OCH3 is 1. The first-order valence-electron chi connectivity index (χ1n) is 19.2. The number of likely N-dealkylation sites (tertiary alicyclic amines) is 1. The van der Waals surface area contributed by atoms with Crippen LogP contribution >= 0.6 is 0 Å². The number of aliphatic hydroxyl groups is 1. The van der Waals surface area contributed by atoms with Gasteiger partial charge in [0.05, 0.1) is 31.7 Å². The Morgan fingerprint density at radius 2 is 1.51 bits per heavy atom. The van der Waals surface area contributed by atoms with Gasteiger partial charge in [0, 0.05) is 13.5 Å². The second kappa shape index (κ2) is 22.7. The van der Waals surface area contributed by atoms with Crippen LogP contribution in [-0.2, 0) is 44.7 Å². The van der Waals surface area contributed by atoms with Crippen molar-refractivity contribution in [2.24, 2.45) is 23.5 Å². The molecule has 0 aromatic heterocycles. The molecule has 8 atom stereocenters. The third kappa shape index (κ3) is 15.2. The fourth-order valence-electron chi connectivity index (χ4n) is 6.59. The molecule has 1 aromatic carbocycles. The number of β-amino-alcohol motifs (C(OH)–C–C–N with tert-alkyl or cyclic N) is 1. The van der Waals surface area contributed by atoms with Crippen LogP contribution in [-0.4, -0.2) is 114 Å². The monoisotopic (exact) mass is 773 g/mol. The second-order valence-corrected chi connectivity index (χ2v) is 15.3. The van der Waals surface area contributed by atoms with Crippen LogP contribution in [0.3, 0.4) is 0 Å². The molecule has 0 bridgehead atoms. The van der Waals surface area contributed by atoms with Gasteiger partial charge >= 0.3 is 5.97 Å². The molecule has 8 N–H and O–H groups in total. The number of ether oxygens (including phenoxy) is 1. The van der Waals surface area contributed by atoms with E-state index in [0.29, 0.717) is 25.8 Å². The van der Waals surface area contributed by atoms with Gasteiger partial charge in [0.2, 0.25) is 35.4 Å². The van der Waals surface area contributed by atoms with Crippen LogP contribution in [0.25, 0.3) is 0 Å². The van der Waals surface area contributed by atoms with Gasteiger partial charge in [0.15, 0.2) is 0 Å². The van der Waals surface area contributed by atoms with Crippen LogP contribution in [0.15, 0.2) is 30.3 Å². The Bertz CT molecular complexity index is 1460. The van der Waals surface area contributed by atoms with Gasteiger partial charge in [0.25, 0.3) is 0 Å². The lowest BCUT2D eigenvalue weighted by molar-refractivity contribution is -0.147. The summed E-state index contributed by atoms with van der Waals surface area (Å²) < 4.78 is 4.87. The summed E-state index contributed by atoms with van der Waals surface area (Å²) in [6, 6.07) is 3.28. The van der Waals surface area contributed by atoms with E-state index in [1.807, 2.05) is 58.0 Å². The number of esters is 1. The minimum atomic E-state index is -1.40. The van der Waals surface area contributed by atoms with Gasteiger partial charge < -0.3 is 42.2 Å². The van der Waals surface area contributed by atoms with Crippen molar-refractivity contribution in [1.29, 1.82) is 0 Å². The lowest BCUT2D eigenvalue weighted by Gasteiger charge is -2.33. The summed E-state index contributed by atoms with van der Waals surface area (Å²) in [5.74, 6) is -4.71. The molecule has 1 aliphatic heterocycles. The SMILES string of the molecule is CC[C@H](C)[C@H](NC(=O)[C@@H]1CCCN1C[C@@H](O)[C@H](Cc1ccccc1)NC(=O)[C@H](CC(N)=O)NC(=O)[C@H](CC(C)C)NC(C)=O)C(=O)N[C@H](C(=O)OC)C(C)C. The minimum absolute atomic E-state index is 0.0230. The number of hydrogen-bond acceptors (Lipinski definition) is 10. The highest BCUT2D eigenvalue weighted by molar-refractivity contribution is 5.94. The predicted molar refractivity (Wildman–Crippen MR) is 206 cm³/mol. The van der Waals surface area contributed by atoms with Crippen molar-refractivity contribution in [2.75, 3.05) is 20.2 Å². The molecule has 0 saturated carbocycles. The molecule has 1 aromatic rings. The van der Waals surface area contributed by atoms with Crippen LogP contribution in [0.1, 0.15) is 86.1 Å². The van der Waals surface area contributed by atoms with Crippen LogP contribution in [0.4, 0.5) is 0 Å². The largest absolute Gasteiger partial charge is 0.467 e. The molecule has 0 spiro atoms. The van der Waals surface area contributed by atoms with Gasteiger partial charge in [-0.05, 0) is 55.5 Å². The van der Waals surface area contributed by atoms with E-state index in [1.165, 1.54) is 14.0 Å². The Balaban J connectivity index is 2.30. The highest BCUT2D eigenvalue weighted by atomic mass is 16.5. The van der Waals surface area contributed by atoms with Gasteiger partial charge in [-0.3, -0.25) is 33.7 Å². The molecule has 1 saturated heterocycles. The van der Waals surface area contributed by atoms with Crippen molar-refractivity contribution in [2.45, 2.75) is 129 Å². The summed E-state index contributed by atoms with van der Waals surface area (Å²) in [6.45, 7) is 12.7. The Labute approximate surface area is 324 Å². The smallest absolute Gasteiger partial charge is 0.328 e. The maximum Gasteiger partial charge on any atom is 0.328 e. The number of aliphatic hydroxyl groups excluding tert-OH is 1. The summed E-state index contributed by atoms with van der Waals surface area (Å²) in [4.78, 5) is 92.4. The summed E-state index contributed by atoms with van der Waals surface area (Å²) >= 11 is 0. The quantitative estimate of drug-likeness (QED) is 0.0796. The molecule has 55 heavy (non-hydrogen) atoms. The Morgan fingerprint density at radius 1 is 0.873 bits per heavy atom. The zero-order chi connectivity index (χ0) is 41.4. The van der Waals surface area contributed by atoms with Gasteiger partial charge in [-0.15, -0.1) is 0 Å². The van der Waals surface area contributed by atoms with Crippen molar-refractivity contribution in [3.63, 3.8) is 0 Å². The molecule has 16 nitrogen and oxygen atoms in total. The number of primary amides is 1. The molecule has 16 heteroatoms. The topological polar surface area (TPSA) is 238 Å². The molecule has 0 unspecified atom stereocenters. The second-order valence-electron chi connectivity index (χ2n) is 15.3. The highest BCUT2D eigenvalue weighted by Gasteiger charge is 2.38. The number of nitrogens with two attached hydrogens (primary N) is 1. The van der Waals surface area contributed by atoms with Crippen LogP contribution in [0.2, 0.25) is 0 Å². The fraction of sp³-hybridized carbons (Fsp3) is 0.667. The zero-order valence-corrected chi connectivity index (χ0v) is 33.6. The first-order valence-corrected chi connectivity index (χ1v) is 19.2. The Morgan fingerprint density at radius 3 is 2.05 bits per heavy atom. The van der Waals surface area contributed by atoms with E-state index in [2.05, 4.69) is 26.6 Å². The third-order valence-electron chi connectivity index (χ3n) is 9.83. The number of carbonyl (C=O) groups is 7. The third-order valence-corrected chi connectivity index (χ3v) is 9.83. The van der Waals surface area contributed by atoms with Crippen LogP contribution in [0.5, 0.6) is 0 Å². The van der Waals surface area contributed by atoms with Crippen molar-refractivity contribution < 1.29 is 43.4 Å². The van der Waals surface area contributed by atoms with E-state index in [9.17, 15) is 38.7 Å². The summed E-state index contributed by atoms with van der Waals surface area (Å²) in [5, 5.41) is 25.3. The molecule has 2 rings (SSSR count). The Kier molecular flexibility index (Phi) is 19.2. The number of hydrogen-bond donors (Lipinski definition) is 7. The van der Waals surface area contributed by atoms with Crippen LogP contribution in [0, 0.1) is 17.8 Å². The van der Waals surface area contributed by atoms with Gasteiger partial charge in [-0.25, -0.2) is 4.79 Å². The van der Waals surface area contributed by atoms with E-state index in [4.69, 9.17) is 10.5 Å². The lowest BCUT2D eigenvalue weighted by atomic mass is 9.96. The molecule has 1 aliphatic rings. The highest BCUT2D eigenvalue weighted by Crippen LogP contribution is 2.21. The predicted octanol–water partition coefficient (Wildman–Crippen LogP) is 0.295. The summed E-state index contributed by atoms with van der Waals surface area (Å²) in [6.07, 6.45) is 0.360. The number of nitrogens with zero attached hydrogens (tertiary/aromatic N) is 1. The number of carbonyl (C=O) groups excluding carboxylic acids is 7. The maximum atomic E-state index is 13.8. The molecule has 6 amide bonds. The molecule has 1 fully saturated rings. The molecule has 0 aliphatic carbocycles. The summed E-state index contributed by atoms with van der Waals surface area (Å²) in [7, 11) is 1.24. The summed E-state index contributed by atoms with van der Waals surface area (Å²) in [5.41, 5.74) is 6.26. The van der Waals surface area contributed by atoms with E-state index in [-0.39, 0.29) is 37.1 Å². The van der Waals surface area contributed by atoms with Gasteiger partial charge in [-0.2, -0.15) is 0 Å². The van der Waals surface area contributed by atoms with Crippen molar-refractivity contribution in [1.82, 2.24) is 31.5 Å². The maximum absolute atomic E-state index is 13.8. The Hall–Kier alpha value is -4.57. The number of nitrogens with one attached hydrogen (secondary N) is 5. The molecule has 1 heterocycles. The molecular weight excluding hydrogens is 710 g/mol. The molecule has 308 valence electrons. The van der Waals surface area contributed by atoms with E-state index >= 15 is 0 Å². The van der Waals surface area contributed by atoms with Crippen molar-refractivity contribution in [3.8, 4) is 0 Å². The van der Waals surface area contributed by atoms with Gasteiger partial charge in [-0.1, -0.05) is 78.3 Å². The van der Waals surface area contributed by atoms with Crippen molar-refractivity contribution >= 4 is 41.4 Å². The standard InChI is InChI=1S/C39H63N7O9/c1-9-24(6)34(38(53)44-33(23(4)5)39(54)55-8)45-37(52)30-16-13-17-46(30)21-31(48)27(19-26-14-11-10-12-15-26)42-36(51)29(20-32(40)49)43-35(50)28(18-22(2)3)41-25(7)47/h10-12,14-15,22-24,27-31,33-34,48H,9,13,16-21H2,1-8H3,(H2,40,49)(H,41,47)(H,42,51)(H,43,50)(H,44,53)(H,45,52)/t24-,27-,28-,29-,30-,31+,33-,34-/m0/s1. The zero-order valence-electron chi connectivity index (χ0n) is 33.6. The van der Waals surface area contributed by atoms with Gasteiger partial charge in [0.1, 0.15) is 24.2 Å². The first-order chi connectivity index (χ1) is 25.9. The fourth-order valence-corrected chi connectivity index (χ4v) is 6.59. The number of rotatable bonds is 22. The van der Waals surface area contributed by atoms with E-state index in [1.54, 1.807) is 18.7 Å². The van der Waals surface area contributed by atoms with Crippen molar-refractivity contribution in [3.05, 3.63) is 35.9 Å². The molecule has 0 radical (unpaired) electrons. The van der Waals surface area contributed by atoms with Crippen LogP contribution < -0.4 is 32.3 Å². The normalized spacial score (nSPS) is 18.2. The average Bonchev–Trinajstić information content (AvgIpc) is 3.58.